The van der Waals surface area contributed by atoms with Gasteiger partial charge in [0.15, 0.2) is 0 Å². The summed E-state index contributed by atoms with van der Waals surface area (Å²) < 4.78 is 0. The smallest absolute Gasteiger partial charge is 0.145 e. The minimum atomic E-state index is -0.164. The van der Waals surface area contributed by atoms with Crippen molar-refractivity contribution in [1.29, 1.82) is 0 Å². The number of Topliss-reactive ketones (excluding diaryl/α,β-unsaturated/α-hetero) is 1. The van der Waals surface area contributed by atoms with Gasteiger partial charge in [0.1, 0.15) is 5.78 Å². The summed E-state index contributed by atoms with van der Waals surface area (Å²) >= 11 is 0. The molecule has 0 saturated carbocycles. The first-order valence-corrected chi connectivity index (χ1v) is 6.56. The molecule has 19 heavy (non-hydrogen) atoms. The van der Waals surface area contributed by atoms with Crippen LogP contribution in [0.3, 0.4) is 0 Å². The third-order valence-corrected chi connectivity index (χ3v) is 3.18. The molecule has 0 radical (unpaired) electrons. The molecule has 0 N–H and O–H groups in total. The summed E-state index contributed by atoms with van der Waals surface area (Å²) in [6.45, 7) is 3.69. The van der Waals surface area contributed by atoms with E-state index in [1.165, 1.54) is 0 Å². The van der Waals surface area contributed by atoms with E-state index >= 15 is 0 Å². The molecule has 0 unspecified atom stereocenters. The Balaban J connectivity index is 2.34. The average Bonchev–Trinajstić information content (AvgIpc) is 2.47. The second kappa shape index (κ2) is 6.69. The standard InChI is InChI=1S/C18H18O/c1-2-3-14-17(19)18(15-10-6-4-7-11-15)16-12-8-5-9-13-16/h2,4-13,18H,1,3,14H2. The molecular weight excluding hydrogens is 232 g/mol. The minimum Gasteiger partial charge on any atom is -0.299 e. The van der Waals surface area contributed by atoms with Gasteiger partial charge in [0, 0.05) is 6.42 Å². The molecule has 0 heterocycles. The molecule has 1 nitrogen and oxygen atoms in total. The van der Waals surface area contributed by atoms with E-state index in [4.69, 9.17) is 0 Å². The van der Waals surface area contributed by atoms with Crippen molar-refractivity contribution in [3.05, 3.63) is 84.4 Å². The van der Waals surface area contributed by atoms with Gasteiger partial charge >= 0.3 is 0 Å². The average molecular weight is 250 g/mol. The maximum atomic E-state index is 12.5. The number of carbonyl (C=O) groups is 1. The van der Waals surface area contributed by atoms with Gasteiger partial charge in [-0.3, -0.25) is 4.79 Å². The van der Waals surface area contributed by atoms with Gasteiger partial charge in [-0.2, -0.15) is 0 Å². The highest BCUT2D eigenvalue weighted by Gasteiger charge is 2.21. The fraction of sp³-hybridized carbons (Fsp3) is 0.167. The Hall–Kier alpha value is -2.15. The first-order valence-electron chi connectivity index (χ1n) is 6.56. The molecule has 0 aliphatic carbocycles. The van der Waals surface area contributed by atoms with E-state index < -0.39 is 0 Å². The summed E-state index contributed by atoms with van der Waals surface area (Å²) in [5.74, 6) is 0.0830. The second-order valence-corrected chi connectivity index (χ2v) is 4.55. The number of carbonyl (C=O) groups excluding carboxylic acids is 1. The quantitative estimate of drug-likeness (QED) is 0.696. The molecule has 0 atom stereocenters. The molecule has 0 saturated heterocycles. The van der Waals surface area contributed by atoms with Crippen molar-refractivity contribution in [2.45, 2.75) is 18.8 Å². The Bertz CT molecular complexity index is 489. The van der Waals surface area contributed by atoms with Crippen molar-refractivity contribution in [3.8, 4) is 0 Å². The lowest BCUT2D eigenvalue weighted by atomic mass is 9.86. The number of benzene rings is 2. The first kappa shape index (κ1) is 13.3. The van der Waals surface area contributed by atoms with Crippen LogP contribution in [0.4, 0.5) is 0 Å². The highest BCUT2D eigenvalue weighted by atomic mass is 16.1. The van der Waals surface area contributed by atoms with E-state index in [1.807, 2.05) is 60.7 Å². The van der Waals surface area contributed by atoms with E-state index in [-0.39, 0.29) is 11.7 Å². The van der Waals surface area contributed by atoms with E-state index in [1.54, 1.807) is 6.08 Å². The SMILES string of the molecule is C=CCCC(=O)C(c1ccccc1)c1ccccc1. The fourth-order valence-corrected chi connectivity index (χ4v) is 2.24. The summed E-state index contributed by atoms with van der Waals surface area (Å²) in [6, 6.07) is 19.9. The molecule has 0 aliphatic rings. The van der Waals surface area contributed by atoms with Crippen LogP contribution in [0.15, 0.2) is 73.3 Å². The van der Waals surface area contributed by atoms with Crippen LogP contribution in [0.25, 0.3) is 0 Å². The van der Waals surface area contributed by atoms with E-state index in [2.05, 4.69) is 6.58 Å². The molecule has 96 valence electrons. The molecule has 0 spiro atoms. The number of hydrogen-bond donors (Lipinski definition) is 0. The van der Waals surface area contributed by atoms with Crippen LogP contribution in [-0.4, -0.2) is 5.78 Å². The van der Waals surface area contributed by atoms with Gasteiger partial charge in [-0.05, 0) is 17.5 Å². The van der Waals surface area contributed by atoms with E-state index in [9.17, 15) is 4.79 Å². The fourth-order valence-electron chi connectivity index (χ4n) is 2.24. The summed E-state index contributed by atoms with van der Waals surface area (Å²) in [7, 11) is 0. The normalized spacial score (nSPS) is 10.4. The van der Waals surface area contributed by atoms with Gasteiger partial charge in [0.05, 0.1) is 5.92 Å². The predicted molar refractivity (Wildman–Crippen MR) is 79.2 cm³/mol. The number of rotatable bonds is 6. The summed E-state index contributed by atoms with van der Waals surface area (Å²) in [5, 5.41) is 0. The summed E-state index contributed by atoms with van der Waals surface area (Å²) in [4.78, 5) is 12.5. The third-order valence-electron chi connectivity index (χ3n) is 3.18. The number of ketones is 1. The lowest BCUT2D eigenvalue weighted by molar-refractivity contribution is -0.119. The van der Waals surface area contributed by atoms with Crippen molar-refractivity contribution in [1.82, 2.24) is 0 Å². The molecule has 0 fully saturated rings. The van der Waals surface area contributed by atoms with Gasteiger partial charge < -0.3 is 0 Å². The van der Waals surface area contributed by atoms with Gasteiger partial charge in [0.2, 0.25) is 0 Å². The molecule has 1 heteroatoms. The molecule has 2 aromatic rings. The van der Waals surface area contributed by atoms with Crippen molar-refractivity contribution >= 4 is 5.78 Å². The summed E-state index contributed by atoms with van der Waals surface area (Å²) in [6.07, 6.45) is 3.07. The zero-order chi connectivity index (χ0) is 13.5. The molecule has 2 aromatic carbocycles. The summed E-state index contributed by atoms with van der Waals surface area (Å²) in [5.41, 5.74) is 2.12. The Kier molecular flexibility index (Phi) is 4.68. The van der Waals surface area contributed by atoms with Crippen LogP contribution < -0.4 is 0 Å². The van der Waals surface area contributed by atoms with Crippen LogP contribution in [-0.2, 0) is 4.79 Å². The highest BCUT2D eigenvalue weighted by Crippen LogP contribution is 2.27. The highest BCUT2D eigenvalue weighted by molar-refractivity contribution is 5.89. The third kappa shape index (κ3) is 3.41. The lowest BCUT2D eigenvalue weighted by Crippen LogP contribution is -2.13. The zero-order valence-corrected chi connectivity index (χ0v) is 11.0. The van der Waals surface area contributed by atoms with Crippen LogP contribution in [0.1, 0.15) is 29.9 Å². The second-order valence-electron chi connectivity index (χ2n) is 4.55. The molecule has 0 amide bonds. The molecule has 0 aliphatic heterocycles. The van der Waals surface area contributed by atoms with Crippen LogP contribution in [0.5, 0.6) is 0 Å². The Morgan fingerprint density at radius 1 is 0.947 bits per heavy atom. The molecule has 2 rings (SSSR count). The topological polar surface area (TPSA) is 17.1 Å². The zero-order valence-electron chi connectivity index (χ0n) is 11.0. The van der Waals surface area contributed by atoms with Crippen LogP contribution in [0.2, 0.25) is 0 Å². The van der Waals surface area contributed by atoms with E-state index in [0.717, 1.165) is 17.5 Å². The first-order chi connectivity index (χ1) is 9.33. The Morgan fingerprint density at radius 2 is 1.42 bits per heavy atom. The molecule has 0 bridgehead atoms. The van der Waals surface area contributed by atoms with Gasteiger partial charge in [-0.25, -0.2) is 0 Å². The van der Waals surface area contributed by atoms with Gasteiger partial charge in [-0.15, -0.1) is 6.58 Å². The van der Waals surface area contributed by atoms with Crippen LogP contribution in [0, 0.1) is 0 Å². The maximum Gasteiger partial charge on any atom is 0.145 e. The minimum absolute atomic E-state index is 0.164. The van der Waals surface area contributed by atoms with Crippen LogP contribution >= 0.6 is 0 Å². The van der Waals surface area contributed by atoms with E-state index in [0.29, 0.717) is 6.42 Å². The molecular formula is C18H18O. The Labute approximate surface area is 114 Å². The van der Waals surface area contributed by atoms with Crippen molar-refractivity contribution in [3.63, 3.8) is 0 Å². The Morgan fingerprint density at radius 3 is 1.84 bits per heavy atom. The maximum absolute atomic E-state index is 12.5. The molecule has 0 aromatic heterocycles. The van der Waals surface area contributed by atoms with Gasteiger partial charge in [-0.1, -0.05) is 66.7 Å². The van der Waals surface area contributed by atoms with Gasteiger partial charge in [0.25, 0.3) is 0 Å². The largest absolute Gasteiger partial charge is 0.299 e. The van der Waals surface area contributed by atoms with Crippen molar-refractivity contribution < 1.29 is 4.79 Å². The number of allylic oxidation sites excluding steroid dienone is 1. The predicted octanol–water partition coefficient (Wildman–Crippen LogP) is 4.35. The monoisotopic (exact) mass is 250 g/mol. The number of hydrogen-bond acceptors (Lipinski definition) is 1. The van der Waals surface area contributed by atoms with Crippen molar-refractivity contribution in [2.75, 3.05) is 0 Å². The lowest BCUT2D eigenvalue weighted by Gasteiger charge is -2.16. The van der Waals surface area contributed by atoms with Crippen molar-refractivity contribution in [2.24, 2.45) is 0 Å².